The fourth-order valence-electron chi connectivity index (χ4n) is 1.53. The molecule has 1 rings (SSSR count). The fourth-order valence-corrected chi connectivity index (χ4v) is 1.53. The van der Waals surface area contributed by atoms with Crippen LogP contribution in [-0.4, -0.2) is 37.1 Å². The Bertz CT molecular complexity index is 158. The zero-order valence-electron chi connectivity index (χ0n) is 7.33. The molecule has 1 heterocycles. The largest absolute Gasteiger partial charge is 0.468 e. The van der Waals surface area contributed by atoms with Gasteiger partial charge >= 0.3 is 5.97 Å². The Morgan fingerprint density at radius 2 is 2.18 bits per heavy atom. The minimum Gasteiger partial charge on any atom is -0.468 e. The highest BCUT2D eigenvalue weighted by atomic mass is 16.5. The molecule has 1 aliphatic heterocycles. The molecule has 0 aromatic heterocycles. The third kappa shape index (κ3) is 1.53. The molecule has 3 nitrogen and oxygen atoms in total. The van der Waals surface area contributed by atoms with Gasteiger partial charge in [-0.05, 0) is 26.8 Å². The monoisotopic (exact) mass is 157 g/mol. The summed E-state index contributed by atoms with van der Waals surface area (Å²) in [6, 6.07) is 0.508. The predicted molar refractivity (Wildman–Crippen MR) is 42.3 cm³/mol. The number of hydrogen-bond acceptors (Lipinski definition) is 3. The maximum Gasteiger partial charge on any atom is 0.323 e. The molecule has 0 spiro atoms. The van der Waals surface area contributed by atoms with Crippen molar-refractivity contribution >= 4 is 5.97 Å². The van der Waals surface area contributed by atoms with E-state index in [-0.39, 0.29) is 12.0 Å². The first-order chi connectivity index (χ1) is 5.16. The number of esters is 1. The molecule has 0 radical (unpaired) electrons. The quantitative estimate of drug-likeness (QED) is 0.523. The SMILES string of the molecule is COC(=O)[C@H]1CC[C@@H](C)N1C. The molecular formula is C8H15NO2. The fraction of sp³-hybridized carbons (Fsp3) is 0.875. The van der Waals surface area contributed by atoms with E-state index in [4.69, 9.17) is 0 Å². The van der Waals surface area contributed by atoms with Crippen molar-refractivity contribution in [1.82, 2.24) is 4.90 Å². The molecule has 64 valence electrons. The second-order valence-electron chi connectivity index (χ2n) is 3.13. The molecule has 0 bridgehead atoms. The molecule has 1 fully saturated rings. The van der Waals surface area contributed by atoms with Gasteiger partial charge in [0.15, 0.2) is 0 Å². The summed E-state index contributed by atoms with van der Waals surface area (Å²) in [7, 11) is 3.42. The molecule has 0 saturated carbocycles. The average molecular weight is 157 g/mol. The lowest BCUT2D eigenvalue weighted by Gasteiger charge is -2.20. The van der Waals surface area contributed by atoms with Crippen molar-refractivity contribution in [2.45, 2.75) is 31.8 Å². The van der Waals surface area contributed by atoms with Gasteiger partial charge in [0.25, 0.3) is 0 Å². The van der Waals surface area contributed by atoms with Gasteiger partial charge in [0.05, 0.1) is 7.11 Å². The molecule has 11 heavy (non-hydrogen) atoms. The van der Waals surface area contributed by atoms with E-state index in [9.17, 15) is 4.79 Å². The van der Waals surface area contributed by atoms with Crippen LogP contribution < -0.4 is 0 Å². The third-order valence-electron chi connectivity index (χ3n) is 2.52. The van der Waals surface area contributed by atoms with E-state index in [2.05, 4.69) is 16.6 Å². The van der Waals surface area contributed by atoms with Gasteiger partial charge in [0.1, 0.15) is 6.04 Å². The Morgan fingerprint density at radius 3 is 2.55 bits per heavy atom. The van der Waals surface area contributed by atoms with Crippen LogP contribution in [0.3, 0.4) is 0 Å². The Kier molecular flexibility index (Phi) is 2.49. The maximum atomic E-state index is 11.1. The molecular weight excluding hydrogens is 142 g/mol. The van der Waals surface area contributed by atoms with E-state index in [1.54, 1.807) is 0 Å². The summed E-state index contributed by atoms with van der Waals surface area (Å²) in [5.41, 5.74) is 0. The lowest BCUT2D eigenvalue weighted by molar-refractivity contribution is -0.145. The zero-order chi connectivity index (χ0) is 8.43. The van der Waals surface area contributed by atoms with Gasteiger partial charge in [-0.3, -0.25) is 9.69 Å². The lowest BCUT2D eigenvalue weighted by atomic mass is 10.2. The summed E-state index contributed by atoms with van der Waals surface area (Å²) in [6.45, 7) is 2.13. The van der Waals surface area contributed by atoms with Crippen LogP contribution in [0.1, 0.15) is 19.8 Å². The molecule has 0 amide bonds. The highest BCUT2D eigenvalue weighted by Gasteiger charge is 2.33. The summed E-state index contributed by atoms with van der Waals surface area (Å²) in [5, 5.41) is 0. The Morgan fingerprint density at radius 1 is 1.55 bits per heavy atom. The normalized spacial score (nSPS) is 32.3. The van der Waals surface area contributed by atoms with Crippen LogP contribution in [0.5, 0.6) is 0 Å². The van der Waals surface area contributed by atoms with E-state index >= 15 is 0 Å². The van der Waals surface area contributed by atoms with Crippen LogP contribution >= 0.6 is 0 Å². The molecule has 1 saturated heterocycles. The Labute approximate surface area is 67.3 Å². The van der Waals surface area contributed by atoms with E-state index in [0.717, 1.165) is 12.8 Å². The molecule has 0 aromatic carbocycles. The third-order valence-corrected chi connectivity index (χ3v) is 2.52. The van der Waals surface area contributed by atoms with Crippen LogP contribution in [0.25, 0.3) is 0 Å². The Balaban J connectivity index is 2.54. The summed E-state index contributed by atoms with van der Waals surface area (Å²) in [4.78, 5) is 13.2. The van der Waals surface area contributed by atoms with Gasteiger partial charge in [-0.25, -0.2) is 0 Å². The highest BCUT2D eigenvalue weighted by Crippen LogP contribution is 2.22. The Hall–Kier alpha value is -0.570. The lowest BCUT2D eigenvalue weighted by Crippen LogP contribution is -2.36. The van der Waals surface area contributed by atoms with E-state index < -0.39 is 0 Å². The maximum absolute atomic E-state index is 11.1. The summed E-state index contributed by atoms with van der Waals surface area (Å²) in [5.74, 6) is -0.100. The standard InChI is InChI=1S/C8H15NO2/c1-6-4-5-7(9(6)2)8(10)11-3/h6-7H,4-5H2,1-3H3/t6-,7-/m1/s1. The summed E-state index contributed by atoms with van der Waals surface area (Å²) < 4.78 is 4.67. The zero-order valence-corrected chi connectivity index (χ0v) is 7.33. The molecule has 1 aliphatic rings. The first-order valence-electron chi connectivity index (χ1n) is 3.96. The van der Waals surface area contributed by atoms with Gasteiger partial charge < -0.3 is 4.74 Å². The number of carbonyl (C=O) groups is 1. The van der Waals surface area contributed by atoms with Crippen molar-refractivity contribution in [1.29, 1.82) is 0 Å². The first kappa shape index (κ1) is 8.53. The van der Waals surface area contributed by atoms with Crippen molar-refractivity contribution in [2.75, 3.05) is 14.2 Å². The van der Waals surface area contributed by atoms with Gasteiger partial charge in [-0.2, -0.15) is 0 Å². The number of methoxy groups -OCH3 is 1. The number of ether oxygens (including phenoxy) is 1. The predicted octanol–water partition coefficient (Wildman–Crippen LogP) is 0.642. The van der Waals surface area contributed by atoms with Gasteiger partial charge in [0, 0.05) is 6.04 Å². The molecule has 0 aliphatic carbocycles. The second-order valence-corrected chi connectivity index (χ2v) is 3.13. The van der Waals surface area contributed by atoms with Crippen molar-refractivity contribution < 1.29 is 9.53 Å². The number of nitrogens with zero attached hydrogens (tertiary/aromatic N) is 1. The average Bonchev–Trinajstić information content (AvgIpc) is 2.32. The summed E-state index contributed by atoms with van der Waals surface area (Å²) in [6.07, 6.45) is 2.03. The number of likely N-dealkylation sites (N-methyl/N-ethyl adjacent to an activating group) is 1. The number of carbonyl (C=O) groups excluding carboxylic acids is 1. The van der Waals surface area contributed by atoms with Crippen molar-refractivity contribution in [2.24, 2.45) is 0 Å². The van der Waals surface area contributed by atoms with Gasteiger partial charge in [-0.15, -0.1) is 0 Å². The molecule has 3 heteroatoms. The van der Waals surface area contributed by atoms with Crippen molar-refractivity contribution in [3.05, 3.63) is 0 Å². The molecule has 0 N–H and O–H groups in total. The topological polar surface area (TPSA) is 29.5 Å². The minimum absolute atomic E-state index is 0.00463. The van der Waals surface area contributed by atoms with Crippen molar-refractivity contribution in [3.8, 4) is 0 Å². The number of hydrogen-bond donors (Lipinski definition) is 0. The van der Waals surface area contributed by atoms with E-state index in [1.807, 2.05) is 7.05 Å². The van der Waals surface area contributed by atoms with Crippen LogP contribution in [-0.2, 0) is 9.53 Å². The molecule has 2 atom stereocenters. The van der Waals surface area contributed by atoms with Crippen LogP contribution in [0.4, 0.5) is 0 Å². The second kappa shape index (κ2) is 3.22. The molecule has 0 unspecified atom stereocenters. The summed E-state index contributed by atoms with van der Waals surface area (Å²) >= 11 is 0. The van der Waals surface area contributed by atoms with Gasteiger partial charge in [0.2, 0.25) is 0 Å². The minimum atomic E-state index is -0.100. The van der Waals surface area contributed by atoms with E-state index in [1.165, 1.54) is 7.11 Å². The van der Waals surface area contributed by atoms with Gasteiger partial charge in [-0.1, -0.05) is 0 Å². The van der Waals surface area contributed by atoms with Crippen LogP contribution in [0.2, 0.25) is 0 Å². The first-order valence-corrected chi connectivity index (χ1v) is 3.96. The highest BCUT2D eigenvalue weighted by molar-refractivity contribution is 5.76. The van der Waals surface area contributed by atoms with E-state index in [0.29, 0.717) is 6.04 Å². The van der Waals surface area contributed by atoms with Crippen LogP contribution in [0, 0.1) is 0 Å². The van der Waals surface area contributed by atoms with Crippen molar-refractivity contribution in [3.63, 3.8) is 0 Å². The number of likely N-dealkylation sites (tertiary alicyclic amines) is 1. The molecule has 0 aromatic rings. The number of rotatable bonds is 1. The van der Waals surface area contributed by atoms with Crippen LogP contribution in [0.15, 0.2) is 0 Å². The smallest absolute Gasteiger partial charge is 0.323 e.